The average molecular weight is 164 g/mol. The van der Waals surface area contributed by atoms with Crippen LogP contribution >= 0.6 is 0 Å². The Labute approximate surface area is 74.1 Å². The van der Waals surface area contributed by atoms with Gasteiger partial charge in [0.2, 0.25) is 0 Å². The third kappa shape index (κ3) is 2.31. The number of rotatable bonds is 3. The lowest BCUT2D eigenvalue weighted by atomic mass is 9.98. The molecule has 0 radical (unpaired) electrons. The molecule has 0 aromatic heterocycles. The van der Waals surface area contributed by atoms with Gasteiger partial charge in [-0.25, -0.2) is 0 Å². The molecule has 1 aliphatic heterocycles. The maximum absolute atomic E-state index is 3.93. The Bertz CT molecular complexity index is 198. The van der Waals surface area contributed by atoms with Crippen molar-refractivity contribution >= 4 is 6.21 Å². The lowest BCUT2D eigenvalue weighted by Crippen LogP contribution is -2.09. The third-order valence-electron chi connectivity index (χ3n) is 2.18. The number of aliphatic imine (C=N–C) groups is 1. The van der Waals surface area contributed by atoms with Crippen LogP contribution in [0.5, 0.6) is 0 Å². The molecule has 0 saturated carbocycles. The van der Waals surface area contributed by atoms with Crippen LogP contribution in [0.1, 0.15) is 6.42 Å². The summed E-state index contributed by atoms with van der Waals surface area (Å²) < 4.78 is 0. The van der Waals surface area contributed by atoms with E-state index in [0.29, 0.717) is 5.92 Å². The average Bonchev–Trinajstić information content (AvgIpc) is 2.59. The van der Waals surface area contributed by atoms with Gasteiger partial charge in [-0.15, -0.1) is 0 Å². The van der Waals surface area contributed by atoms with Gasteiger partial charge in [0.15, 0.2) is 0 Å². The number of nitrogens with one attached hydrogen (secondary N) is 1. The van der Waals surface area contributed by atoms with E-state index in [1.54, 1.807) is 7.05 Å². The molecule has 0 aromatic carbocycles. The summed E-state index contributed by atoms with van der Waals surface area (Å²) in [5, 5.41) is 3.33. The summed E-state index contributed by atoms with van der Waals surface area (Å²) >= 11 is 0. The second-order valence-electron chi connectivity index (χ2n) is 2.97. The summed E-state index contributed by atoms with van der Waals surface area (Å²) in [6.45, 7) is 6.00. The van der Waals surface area contributed by atoms with Gasteiger partial charge in [0, 0.05) is 19.8 Å². The summed E-state index contributed by atoms with van der Waals surface area (Å²) in [4.78, 5) is 3.93. The van der Waals surface area contributed by atoms with Crippen molar-refractivity contribution in [1.82, 2.24) is 5.32 Å². The molecule has 12 heavy (non-hydrogen) atoms. The number of hydrogen-bond donors (Lipinski definition) is 1. The van der Waals surface area contributed by atoms with Gasteiger partial charge in [-0.2, -0.15) is 0 Å². The molecule has 1 saturated heterocycles. The molecule has 1 atom stereocenters. The fourth-order valence-electron chi connectivity index (χ4n) is 1.47. The minimum absolute atomic E-state index is 0.639. The lowest BCUT2D eigenvalue weighted by Gasteiger charge is -2.07. The summed E-state index contributed by atoms with van der Waals surface area (Å²) in [5.74, 6) is 0.639. The predicted octanol–water partition coefficient (Wildman–Crippen LogP) is 1.41. The second kappa shape index (κ2) is 4.88. The van der Waals surface area contributed by atoms with E-state index in [-0.39, 0.29) is 0 Å². The second-order valence-corrected chi connectivity index (χ2v) is 2.97. The van der Waals surface area contributed by atoms with Crippen LogP contribution in [-0.4, -0.2) is 26.4 Å². The standard InChI is InChI=1S/C10H16N2/c1-3-9(4-6-11-2)10-5-7-12-8-10/h3-4,6,10,12H,1,5,7-8H2,2H3/b9-4+,11-6?. The molecule has 66 valence electrons. The topological polar surface area (TPSA) is 24.4 Å². The van der Waals surface area contributed by atoms with Gasteiger partial charge in [-0.3, -0.25) is 4.99 Å². The highest BCUT2D eigenvalue weighted by Gasteiger charge is 2.15. The van der Waals surface area contributed by atoms with E-state index in [9.17, 15) is 0 Å². The van der Waals surface area contributed by atoms with E-state index in [4.69, 9.17) is 0 Å². The lowest BCUT2D eigenvalue weighted by molar-refractivity contribution is 0.699. The molecule has 2 nitrogen and oxygen atoms in total. The fraction of sp³-hybridized carbons (Fsp3) is 0.500. The number of hydrogen-bond acceptors (Lipinski definition) is 2. The maximum atomic E-state index is 3.93. The summed E-state index contributed by atoms with van der Waals surface area (Å²) in [5.41, 5.74) is 1.30. The van der Waals surface area contributed by atoms with Crippen molar-refractivity contribution in [3.63, 3.8) is 0 Å². The molecule has 1 rings (SSSR count). The molecule has 0 aromatic rings. The molecule has 0 spiro atoms. The Morgan fingerprint density at radius 1 is 1.67 bits per heavy atom. The molecule has 0 bridgehead atoms. The van der Waals surface area contributed by atoms with Gasteiger partial charge in [0.25, 0.3) is 0 Å². The Hall–Kier alpha value is -0.890. The van der Waals surface area contributed by atoms with Crippen LogP contribution in [0.3, 0.4) is 0 Å². The Morgan fingerprint density at radius 2 is 2.50 bits per heavy atom. The van der Waals surface area contributed by atoms with E-state index in [0.717, 1.165) is 13.1 Å². The van der Waals surface area contributed by atoms with Crippen molar-refractivity contribution in [3.05, 3.63) is 24.3 Å². The van der Waals surface area contributed by atoms with Crippen LogP contribution in [0.25, 0.3) is 0 Å². The smallest absolute Gasteiger partial charge is 0.0277 e. The number of nitrogens with zero attached hydrogens (tertiary/aromatic N) is 1. The van der Waals surface area contributed by atoms with Crippen molar-refractivity contribution in [2.75, 3.05) is 20.1 Å². The highest BCUT2D eigenvalue weighted by Crippen LogP contribution is 2.18. The van der Waals surface area contributed by atoms with Crippen LogP contribution in [0.15, 0.2) is 29.3 Å². The predicted molar refractivity (Wildman–Crippen MR) is 53.7 cm³/mol. The highest BCUT2D eigenvalue weighted by atomic mass is 14.9. The van der Waals surface area contributed by atoms with E-state index in [2.05, 4.69) is 16.9 Å². The molecule has 1 aliphatic rings. The van der Waals surface area contributed by atoms with Gasteiger partial charge in [-0.1, -0.05) is 12.7 Å². The summed E-state index contributed by atoms with van der Waals surface area (Å²) in [7, 11) is 1.78. The molecule has 0 amide bonds. The largest absolute Gasteiger partial charge is 0.316 e. The van der Waals surface area contributed by atoms with Gasteiger partial charge in [0.05, 0.1) is 0 Å². The van der Waals surface area contributed by atoms with Gasteiger partial charge in [0.1, 0.15) is 0 Å². The molecule has 0 aliphatic carbocycles. The molecular formula is C10H16N2. The zero-order chi connectivity index (χ0) is 8.81. The van der Waals surface area contributed by atoms with Crippen LogP contribution in [0.4, 0.5) is 0 Å². The van der Waals surface area contributed by atoms with Crippen molar-refractivity contribution in [2.45, 2.75) is 6.42 Å². The number of allylic oxidation sites excluding steroid dienone is 2. The van der Waals surface area contributed by atoms with Crippen molar-refractivity contribution in [3.8, 4) is 0 Å². The minimum atomic E-state index is 0.639. The zero-order valence-electron chi connectivity index (χ0n) is 7.59. The van der Waals surface area contributed by atoms with Gasteiger partial charge >= 0.3 is 0 Å². The Morgan fingerprint density at radius 3 is 3.00 bits per heavy atom. The molecule has 1 N–H and O–H groups in total. The van der Waals surface area contributed by atoms with E-state index >= 15 is 0 Å². The Kier molecular flexibility index (Phi) is 3.74. The molecule has 1 heterocycles. The first-order valence-electron chi connectivity index (χ1n) is 4.34. The first-order valence-corrected chi connectivity index (χ1v) is 4.34. The SMILES string of the molecule is C=C/C(=C\C=NC)C1CCNC1. The van der Waals surface area contributed by atoms with Gasteiger partial charge in [-0.05, 0) is 30.5 Å². The van der Waals surface area contributed by atoms with Crippen LogP contribution < -0.4 is 5.32 Å². The van der Waals surface area contributed by atoms with Crippen LogP contribution in [0.2, 0.25) is 0 Å². The Balaban J connectivity index is 2.59. The van der Waals surface area contributed by atoms with Crippen LogP contribution in [-0.2, 0) is 0 Å². The van der Waals surface area contributed by atoms with E-state index < -0.39 is 0 Å². The summed E-state index contributed by atoms with van der Waals surface area (Å²) in [6, 6.07) is 0. The first kappa shape index (κ1) is 9.20. The quantitative estimate of drug-likeness (QED) is 0.495. The van der Waals surface area contributed by atoms with Gasteiger partial charge < -0.3 is 5.32 Å². The molecular weight excluding hydrogens is 148 g/mol. The van der Waals surface area contributed by atoms with Crippen molar-refractivity contribution in [1.29, 1.82) is 0 Å². The fourth-order valence-corrected chi connectivity index (χ4v) is 1.47. The van der Waals surface area contributed by atoms with E-state index in [1.807, 2.05) is 18.4 Å². The zero-order valence-corrected chi connectivity index (χ0v) is 7.59. The third-order valence-corrected chi connectivity index (χ3v) is 2.18. The summed E-state index contributed by atoms with van der Waals surface area (Å²) in [6.07, 6.45) is 7.02. The normalized spacial score (nSPS) is 25.1. The van der Waals surface area contributed by atoms with Crippen molar-refractivity contribution < 1.29 is 0 Å². The maximum Gasteiger partial charge on any atom is 0.0277 e. The molecule has 1 unspecified atom stereocenters. The first-order chi connectivity index (χ1) is 5.88. The van der Waals surface area contributed by atoms with E-state index in [1.165, 1.54) is 12.0 Å². The minimum Gasteiger partial charge on any atom is -0.316 e. The highest BCUT2D eigenvalue weighted by molar-refractivity contribution is 5.73. The monoisotopic (exact) mass is 164 g/mol. The van der Waals surface area contributed by atoms with Crippen molar-refractivity contribution in [2.24, 2.45) is 10.9 Å². The molecule has 2 heteroatoms. The van der Waals surface area contributed by atoms with Crippen LogP contribution in [0, 0.1) is 5.92 Å². The molecule has 1 fully saturated rings.